The van der Waals surface area contributed by atoms with Crippen LogP contribution in [-0.4, -0.2) is 30.0 Å². The molecular formula is C15H17ClN2O3. The van der Waals surface area contributed by atoms with Crippen LogP contribution in [0.1, 0.15) is 25.8 Å². The number of urea groups is 1. The van der Waals surface area contributed by atoms with E-state index in [0.29, 0.717) is 10.8 Å². The van der Waals surface area contributed by atoms with Crippen LogP contribution in [0.4, 0.5) is 4.79 Å². The third-order valence-corrected chi connectivity index (χ3v) is 3.55. The maximum absolute atomic E-state index is 11.8. The van der Waals surface area contributed by atoms with Crippen molar-refractivity contribution in [1.82, 2.24) is 10.2 Å². The van der Waals surface area contributed by atoms with Crippen molar-refractivity contribution < 1.29 is 14.3 Å². The van der Waals surface area contributed by atoms with E-state index in [-0.39, 0.29) is 17.7 Å². The Morgan fingerprint density at radius 1 is 1.43 bits per heavy atom. The van der Waals surface area contributed by atoms with Crippen LogP contribution in [0.15, 0.2) is 23.9 Å². The fourth-order valence-electron chi connectivity index (χ4n) is 1.79. The maximum atomic E-state index is 11.8. The number of nitrogens with zero attached hydrogens (tertiary/aromatic N) is 1. The zero-order valence-electron chi connectivity index (χ0n) is 12.1. The number of likely N-dealkylation sites (N-methyl/N-ethyl adjacent to an activating group) is 1. The lowest BCUT2D eigenvalue weighted by Crippen LogP contribution is -2.25. The number of halogens is 1. The van der Waals surface area contributed by atoms with E-state index >= 15 is 0 Å². The summed E-state index contributed by atoms with van der Waals surface area (Å²) in [4.78, 5) is 24.2. The van der Waals surface area contributed by atoms with Gasteiger partial charge >= 0.3 is 6.03 Å². The molecule has 1 atom stereocenters. The number of ether oxygens (including phenoxy) is 1. The Balaban J connectivity index is 2.21. The maximum Gasteiger partial charge on any atom is 0.328 e. The summed E-state index contributed by atoms with van der Waals surface area (Å²) in [5, 5.41) is 2.97. The predicted octanol–water partition coefficient (Wildman–Crippen LogP) is 3.04. The van der Waals surface area contributed by atoms with Crippen LogP contribution >= 0.6 is 11.6 Å². The zero-order valence-corrected chi connectivity index (χ0v) is 12.9. The highest BCUT2D eigenvalue weighted by atomic mass is 35.5. The first-order valence-electron chi connectivity index (χ1n) is 6.69. The molecule has 0 spiro atoms. The van der Waals surface area contributed by atoms with E-state index in [1.807, 2.05) is 13.8 Å². The number of carbonyl (C=O) groups is 2. The van der Waals surface area contributed by atoms with Crippen molar-refractivity contribution in [3.05, 3.63) is 34.5 Å². The Morgan fingerprint density at radius 2 is 2.14 bits per heavy atom. The molecule has 1 saturated heterocycles. The summed E-state index contributed by atoms with van der Waals surface area (Å²) in [5.41, 5.74) is 0.949. The molecule has 1 fully saturated rings. The monoisotopic (exact) mass is 308 g/mol. The highest BCUT2D eigenvalue weighted by Gasteiger charge is 2.29. The summed E-state index contributed by atoms with van der Waals surface area (Å²) in [6.45, 7) is 4.00. The smallest absolute Gasteiger partial charge is 0.328 e. The van der Waals surface area contributed by atoms with Gasteiger partial charge in [0.05, 0.1) is 11.1 Å². The Morgan fingerprint density at radius 3 is 2.67 bits per heavy atom. The van der Waals surface area contributed by atoms with Gasteiger partial charge in [-0.15, -0.1) is 0 Å². The van der Waals surface area contributed by atoms with Crippen molar-refractivity contribution in [2.45, 2.75) is 26.4 Å². The number of nitrogens with one attached hydrogen (secondary N) is 1. The molecule has 0 saturated carbocycles. The summed E-state index contributed by atoms with van der Waals surface area (Å²) in [5.74, 6) is 0.239. The molecule has 0 aromatic heterocycles. The SMILES string of the molecule is CC[C@H](C)Oc1ccc(/C=C2/NC(=O)N(C)C2=O)cc1Cl. The molecule has 1 aromatic rings. The van der Waals surface area contributed by atoms with Crippen molar-refractivity contribution in [3.8, 4) is 5.75 Å². The first kappa shape index (κ1) is 15.4. The van der Waals surface area contributed by atoms with Gasteiger partial charge in [0.25, 0.3) is 5.91 Å². The quantitative estimate of drug-likeness (QED) is 0.687. The van der Waals surface area contributed by atoms with Gasteiger partial charge in [-0.1, -0.05) is 24.6 Å². The van der Waals surface area contributed by atoms with Crippen LogP contribution in [0.3, 0.4) is 0 Å². The lowest BCUT2D eigenvalue weighted by molar-refractivity contribution is -0.121. The van der Waals surface area contributed by atoms with E-state index in [9.17, 15) is 9.59 Å². The molecule has 0 bridgehead atoms. The van der Waals surface area contributed by atoms with Gasteiger partial charge in [0.2, 0.25) is 0 Å². The van der Waals surface area contributed by atoms with E-state index in [2.05, 4.69) is 5.32 Å². The number of rotatable bonds is 4. The molecule has 0 unspecified atom stereocenters. The van der Waals surface area contributed by atoms with Gasteiger partial charge in [-0.25, -0.2) is 4.79 Å². The number of hydrogen-bond acceptors (Lipinski definition) is 3. The zero-order chi connectivity index (χ0) is 15.6. The van der Waals surface area contributed by atoms with Crippen LogP contribution in [0.2, 0.25) is 5.02 Å². The topological polar surface area (TPSA) is 58.6 Å². The average molecular weight is 309 g/mol. The van der Waals surface area contributed by atoms with Crippen molar-refractivity contribution in [1.29, 1.82) is 0 Å². The molecule has 0 aliphatic carbocycles. The number of amides is 3. The molecule has 5 nitrogen and oxygen atoms in total. The second kappa shape index (κ2) is 6.18. The van der Waals surface area contributed by atoms with E-state index in [4.69, 9.17) is 16.3 Å². The minimum atomic E-state index is -0.436. The van der Waals surface area contributed by atoms with E-state index in [1.165, 1.54) is 7.05 Å². The predicted molar refractivity (Wildman–Crippen MR) is 81.1 cm³/mol. The van der Waals surface area contributed by atoms with Crippen molar-refractivity contribution in [3.63, 3.8) is 0 Å². The molecule has 21 heavy (non-hydrogen) atoms. The van der Waals surface area contributed by atoms with E-state index in [0.717, 1.165) is 16.9 Å². The Bertz CT molecular complexity index is 613. The molecule has 0 radical (unpaired) electrons. The summed E-state index contributed by atoms with van der Waals surface area (Å²) < 4.78 is 5.68. The minimum absolute atomic E-state index is 0.0797. The Hall–Kier alpha value is -2.01. The third-order valence-electron chi connectivity index (χ3n) is 3.25. The number of benzene rings is 1. The molecule has 1 aliphatic heterocycles. The molecular weight excluding hydrogens is 292 g/mol. The highest BCUT2D eigenvalue weighted by molar-refractivity contribution is 6.32. The van der Waals surface area contributed by atoms with Crippen molar-refractivity contribution in [2.24, 2.45) is 0 Å². The summed E-state index contributed by atoms with van der Waals surface area (Å²) in [6.07, 6.45) is 2.55. The molecule has 1 N–H and O–H groups in total. The van der Waals surface area contributed by atoms with Gasteiger partial charge in [-0.05, 0) is 37.1 Å². The molecule has 6 heteroatoms. The fraction of sp³-hybridized carbons (Fsp3) is 0.333. The molecule has 2 rings (SSSR count). The molecule has 3 amide bonds. The van der Waals surface area contributed by atoms with Gasteiger partial charge in [0.1, 0.15) is 11.4 Å². The van der Waals surface area contributed by atoms with Crippen LogP contribution < -0.4 is 10.1 Å². The molecule has 112 valence electrons. The third kappa shape index (κ3) is 3.36. The van der Waals surface area contributed by atoms with Gasteiger partial charge in [-0.3, -0.25) is 9.69 Å². The lowest BCUT2D eigenvalue weighted by atomic mass is 10.2. The number of hydrogen-bond donors (Lipinski definition) is 1. The van der Waals surface area contributed by atoms with Gasteiger partial charge in [-0.2, -0.15) is 0 Å². The van der Waals surface area contributed by atoms with Crippen LogP contribution in [0, 0.1) is 0 Å². The van der Waals surface area contributed by atoms with Gasteiger partial charge < -0.3 is 10.1 Å². The van der Waals surface area contributed by atoms with E-state index in [1.54, 1.807) is 24.3 Å². The van der Waals surface area contributed by atoms with Crippen molar-refractivity contribution >= 4 is 29.6 Å². The number of carbonyl (C=O) groups excluding carboxylic acids is 2. The van der Waals surface area contributed by atoms with Crippen LogP contribution in [0.5, 0.6) is 5.75 Å². The Kier molecular flexibility index (Phi) is 4.53. The summed E-state index contributed by atoms with van der Waals surface area (Å²) in [7, 11) is 1.43. The largest absolute Gasteiger partial charge is 0.489 e. The first-order valence-corrected chi connectivity index (χ1v) is 7.07. The molecule has 1 aliphatic rings. The summed E-state index contributed by atoms with van der Waals surface area (Å²) >= 11 is 6.17. The normalized spacial score (nSPS) is 18.1. The van der Waals surface area contributed by atoms with Gasteiger partial charge in [0.15, 0.2) is 0 Å². The molecule has 1 aromatic carbocycles. The van der Waals surface area contributed by atoms with Crippen molar-refractivity contribution in [2.75, 3.05) is 7.05 Å². The Labute approximate surface area is 128 Å². The molecule has 1 heterocycles. The lowest BCUT2D eigenvalue weighted by Gasteiger charge is -2.14. The first-order chi connectivity index (χ1) is 9.92. The second-order valence-corrected chi connectivity index (χ2v) is 5.29. The average Bonchev–Trinajstić information content (AvgIpc) is 2.69. The highest BCUT2D eigenvalue weighted by Crippen LogP contribution is 2.28. The summed E-state index contributed by atoms with van der Waals surface area (Å²) in [6, 6.07) is 4.80. The standard InChI is InChI=1S/C15H17ClN2O3/c1-4-9(2)21-13-6-5-10(7-11(13)16)8-12-14(19)18(3)15(20)17-12/h5-9H,4H2,1-3H3,(H,17,20)/b12-8+/t9-/m0/s1. The van der Waals surface area contributed by atoms with E-state index < -0.39 is 6.03 Å². The minimum Gasteiger partial charge on any atom is -0.489 e. The second-order valence-electron chi connectivity index (χ2n) is 4.88. The fourth-order valence-corrected chi connectivity index (χ4v) is 2.03. The van der Waals surface area contributed by atoms with Gasteiger partial charge in [0, 0.05) is 7.05 Å². The van der Waals surface area contributed by atoms with Crippen LogP contribution in [0.25, 0.3) is 6.08 Å². The van der Waals surface area contributed by atoms with Crippen LogP contribution in [-0.2, 0) is 4.79 Å². The number of imide groups is 1.